The van der Waals surface area contributed by atoms with Gasteiger partial charge in [0.25, 0.3) is 0 Å². The van der Waals surface area contributed by atoms with Crippen LogP contribution in [0.5, 0.6) is 0 Å². The number of thioether (sulfide) groups is 1. The van der Waals surface area contributed by atoms with Crippen molar-refractivity contribution in [3.05, 3.63) is 89.5 Å². The molecule has 3 aromatic carbocycles. The summed E-state index contributed by atoms with van der Waals surface area (Å²) in [6.07, 6.45) is 3.33. The van der Waals surface area contributed by atoms with E-state index in [9.17, 15) is 4.79 Å². The SMILES string of the molecule is CC(C)(C)c1ccc(C=CC(=O)Nc2nnc(SCc3cccc4ccccc34)s2)cc1. The molecular weight excluding hydrogens is 434 g/mol. The molecule has 4 aromatic rings. The Hall–Kier alpha value is -2.96. The Morgan fingerprint density at radius 1 is 1.00 bits per heavy atom. The fraction of sp³-hybridized carbons (Fsp3) is 0.192. The topological polar surface area (TPSA) is 54.9 Å². The fourth-order valence-electron chi connectivity index (χ4n) is 3.29. The zero-order chi connectivity index (χ0) is 22.6. The Bertz CT molecular complexity index is 1250. The Kier molecular flexibility index (Phi) is 6.72. The van der Waals surface area contributed by atoms with Gasteiger partial charge in [0.15, 0.2) is 4.34 Å². The summed E-state index contributed by atoms with van der Waals surface area (Å²) < 4.78 is 0.829. The van der Waals surface area contributed by atoms with E-state index >= 15 is 0 Å². The Morgan fingerprint density at radius 2 is 1.75 bits per heavy atom. The van der Waals surface area contributed by atoms with Crippen LogP contribution in [0.2, 0.25) is 0 Å². The second-order valence-electron chi connectivity index (χ2n) is 8.49. The molecule has 0 atom stereocenters. The molecule has 162 valence electrons. The van der Waals surface area contributed by atoms with Gasteiger partial charge in [-0.15, -0.1) is 10.2 Å². The quantitative estimate of drug-likeness (QED) is 0.193. The summed E-state index contributed by atoms with van der Waals surface area (Å²) in [6.45, 7) is 6.55. The number of carbonyl (C=O) groups is 1. The molecule has 1 aromatic heterocycles. The number of hydrogen-bond acceptors (Lipinski definition) is 5. The summed E-state index contributed by atoms with van der Waals surface area (Å²) in [5, 5.41) is 14.1. The molecule has 0 spiro atoms. The molecule has 1 N–H and O–H groups in total. The van der Waals surface area contributed by atoms with Gasteiger partial charge in [-0.1, -0.05) is 111 Å². The zero-order valence-electron chi connectivity index (χ0n) is 18.3. The van der Waals surface area contributed by atoms with Crippen molar-refractivity contribution in [2.75, 3.05) is 5.32 Å². The zero-order valence-corrected chi connectivity index (χ0v) is 20.0. The molecular formula is C26H25N3OS2. The number of nitrogens with zero attached hydrogens (tertiary/aromatic N) is 2. The molecule has 0 fully saturated rings. The lowest BCUT2D eigenvalue weighted by molar-refractivity contribution is -0.111. The second kappa shape index (κ2) is 9.67. The van der Waals surface area contributed by atoms with Gasteiger partial charge in [-0.2, -0.15) is 0 Å². The maximum atomic E-state index is 12.3. The van der Waals surface area contributed by atoms with Crippen LogP contribution in [0.4, 0.5) is 5.13 Å². The molecule has 0 aliphatic rings. The first-order chi connectivity index (χ1) is 15.4. The molecule has 0 aliphatic carbocycles. The van der Waals surface area contributed by atoms with Crippen LogP contribution >= 0.6 is 23.1 Å². The summed E-state index contributed by atoms with van der Waals surface area (Å²) >= 11 is 3.01. The van der Waals surface area contributed by atoms with E-state index in [2.05, 4.69) is 84.8 Å². The van der Waals surface area contributed by atoms with Crippen LogP contribution in [0.3, 0.4) is 0 Å². The number of benzene rings is 3. The summed E-state index contributed by atoms with van der Waals surface area (Å²) in [7, 11) is 0. The number of rotatable bonds is 6. The van der Waals surface area contributed by atoms with Gasteiger partial charge >= 0.3 is 0 Å². The monoisotopic (exact) mass is 459 g/mol. The molecule has 0 unspecified atom stereocenters. The molecule has 6 heteroatoms. The van der Waals surface area contributed by atoms with Crippen LogP contribution < -0.4 is 5.32 Å². The molecule has 1 heterocycles. The Labute approximate surface area is 196 Å². The number of carbonyl (C=O) groups excluding carboxylic acids is 1. The van der Waals surface area contributed by atoms with Gasteiger partial charge in [-0.25, -0.2) is 0 Å². The number of fused-ring (bicyclic) bond motifs is 1. The van der Waals surface area contributed by atoms with Gasteiger partial charge < -0.3 is 0 Å². The third-order valence-corrected chi connectivity index (χ3v) is 7.09. The molecule has 32 heavy (non-hydrogen) atoms. The third kappa shape index (κ3) is 5.64. The highest BCUT2D eigenvalue weighted by atomic mass is 32.2. The number of anilines is 1. The number of amides is 1. The largest absolute Gasteiger partial charge is 0.297 e. The van der Waals surface area contributed by atoms with Crippen molar-refractivity contribution < 1.29 is 4.79 Å². The first-order valence-electron chi connectivity index (χ1n) is 10.4. The maximum Gasteiger partial charge on any atom is 0.250 e. The number of aromatic nitrogens is 2. The van der Waals surface area contributed by atoms with Gasteiger partial charge in [0, 0.05) is 11.8 Å². The smallest absolute Gasteiger partial charge is 0.250 e. The normalized spacial score (nSPS) is 11.8. The van der Waals surface area contributed by atoms with Crippen LogP contribution in [0.15, 0.2) is 77.1 Å². The predicted octanol–water partition coefficient (Wildman–Crippen LogP) is 6.93. The highest BCUT2D eigenvalue weighted by Gasteiger charge is 2.12. The molecule has 4 rings (SSSR count). The van der Waals surface area contributed by atoms with Gasteiger partial charge in [0.2, 0.25) is 11.0 Å². The summed E-state index contributed by atoms with van der Waals surface area (Å²) in [6, 6.07) is 22.9. The summed E-state index contributed by atoms with van der Waals surface area (Å²) in [5.74, 6) is 0.584. The lowest BCUT2D eigenvalue weighted by atomic mass is 9.87. The minimum absolute atomic E-state index is 0.112. The molecule has 0 saturated heterocycles. The standard InChI is InChI=1S/C26H25N3OS2/c1-26(2,3)21-14-11-18(12-15-21)13-16-23(30)27-24-28-29-25(32-24)31-17-20-9-6-8-19-7-4-5-10-22(19)20/h4-16H,17H2,1-3H3,(H,27,28,30). The lowest BCUT2D eigenvalue weighted by Crippen LogP contribution is -2.10. The van der Waals surface area contributed by atoms with Crippen LogP contribution in [0, 0.1) is 0 Å². The van der Waals surface area contributed by atoms with Crippen molar-refractivity contribution in [2.24, 2.45) is 0 Å². The van der Waals surface area contributed by atoms with Crippen LogP contribution in [0.1, 0.15) is 37.5 Å². The van der Waals surface area contributed by atoms with Crippen molar-refractivity contribution in [1.29, 1.82) is 0 Å². The van der Waals surface area contributed by atoms with Gasteiger partial charge in [0.1, 0.15) is 0 Å². The first-order valence-corrected chi connectivity index (χ1v) is 12.2. The third-order valence-electron chi connectivity index (χ3n) is 5.07. The van der Waals surface area contributed by atoms with E-state index in [0.717, 1.165) is 15.7 Å². The number of hydrogen-bond donors (Lipinski definition) is 1. The van der Waals surface area contributed by atoms with Gasteiger partial charge in [0.05, 0.1) is 0 Å². The van der Waals surface area contributed by atoms with E-state index in [4.69, 9.17) is 0 Å². The summed E-state index contributed by atoms with van der Waals surface area (Å²) in [4.78, 5) is 12.3. The van der Waals surface area contributed by atoms with E-state index in [1.165, 1.54) is 39.3 Å². The second-order valence-corrected chi connectivity index (χ2v) is 10.7. The minimum atomic E-state index is -0.216. The fourth-order valence-corrected chi connectivity index (χ4v) is 5.05. The van der Waals surface area contributed by atoms with E-state index in [0.29, 0.717) is 5.13 Å². The molecule has 0 aliphatic heterocycles. The molecule has 0 saturated carbocycles. The van der Waals surface area contributed by atoms with Crippen LogP contribution in [-0.2, 0) is 16.0 Å². The average Bonchev–Trinajstić information content (AvgIpc) is 3.23. The molecule has 0 radical (unpaired) electrons. The average molecular weight is 460 g/mol. The van der Waals surface area contributed by atoms with Gasteiger partial charge in [-0.3, -0.25) is 10.1 Å². The van der Waals surface area contributed by atoms with Crippen LogP contribution in [-0.4, -0.2) is 16.1 Å². The van der Waals surface area contributed by atoms with Crippen molar-refractivity contribution >= 4 is 51.0 Å². The molecule has 0 bridgehead atoms. The van der Waals surface area contributed by atoms with E-state index in [1.807, 2.05) is 18.2 Å². The van der Waals surface area contributed by atoms with E-state index in [-0.39, 0.29) is 11.3 Å². The lowest BCUT2D eigenvalue weighted by Gasteiger charge is -2.18. The molecule has 1 amide bonds. The minimum Gasteiger partial charge on any atom is -0.297 e. The van der Waals surface area contributed by atoms with Crippen molar-refractivity contribution in [2.45, 2.75) is 36.3 Å². The van der Waals surface area contributed by atoms with Gasteiger partial charge in [-0.05, 0) is 39.0 Å². The highest BCUT2D eigenvalue weighted by Crippen LogP contribution is 2.30. The van der Waals surface area contributed by atoms with Crippen molar-refractivity contribution in [3.63, 3.8) is 0 Å². The first kappa shape index (κ1) is 22.2. The maximum absolute atomic E-state index is 12.3. The Morgan fingerprint density at radius 3 is 2.53 bits per heavy atom. The van der Waals surface area contributed by atoms with Crippen molar-refractivity contribution in [1.82, 2.24) is 10.2 Å². The van der Waals surface area contributed by atoms with E-state index < -0.39 is 0 Å². The number of nitrogens with one attached hydrogen (secondary N) is 1. The molecule has 4 nitrogen and oxygen atoms in total. The summed E-state index contributed by atoms with van der Waals surface area (Å²) in [5.41, 5.74) is 3.62. The highest BCUT2D eigenvalue weighted by molar-refractivity contribution is 8.00. The Balaban J connectivity index is 1.33. The van der Waals surface area contributed by atoms with Crippen molar-refractivity contribution in [3.8, 4) is 0 Å². The van der Waals surface area contributed by atoms with E-state index in [1.54, 1.807) is 17.8 Å². The van der Waals surface area contributed by atoms with Crippen LogP contribution in [0.25, 0.3) is 16.8 Å². The predicted molar refractivity (Wildman–Crippen MR) is 136 cm³/mol.